The summed E-state index contributed by atoms with van der Waals surface area (Å²) in [6, 6.07) is 149. The van der Waals surface area contributed by atoms with Gasteiger partial charge in [-0.1, -0.05) is 342 Å². The third-order valence-electron chi connectivity index (χ3n) is 33.6. The molecular formula is C129H103B5N10P5+5. The summed E-state index contributed by atoms with van der Waals surface area (Å²) in [6.45, 7) is 22.5. The molecule has 15 aliphatic rings. The second-order valence-corrected chi connectivity index (χ2v) is 53.9. The van der Waals surface area contributed by atoms with Crippen LogP contribution in [0.2, 0.25) is 0 Å². The number of anilines is 10. The molecule has 15 aliphatic heterocycles. The van der Waals surface area contributed by atoms with Gasteiger partial charge >= 0.3 is 32.8 Å². The van der Waals surface area contributed by atoms with E-state index in [4.69, 9.17) is 0 Å². The molecule has 0 bridgehead atoms. The molecule has 5 aromatic heterocycles. The molecule has 20 heteroatoms. The highest BCUT2D eigenvalue weighted by molar-refractivity contribution is 8.06. The summed E-state index contributed by atoms with van der Waals surface area (Å²) in [7, 11) is -2.58. The van der Waals surface area contributed by atoms with Crippen LogP contribution in [0.25, 0.3) is 56.3 Å². The van der Waals surface area contributed by atoms with Crippen LogP contribution in [-0.4, -0.2) is 32.8 Å². The van der Waals surface area contributed by atoms with Crippen LogP contribution in [0.4, 0.5) is 56.9 Å². The Balaban J connectivity index is 0.0000000840. The number of pyridine rings is 5. The standard InChI is InChI=1S/2C27H23BN2P.3C25H19BN2P/c1-18(2)19-13-14-25-24(16-19)30-23-12-7-15-29-17-20-8-6-11-22(26(20)27(23)29)28(30)31(25)21-9-4-3-5-10-21;1-18(2)20-15-24-27-26-19(16-29(27)17-20)9-8-12-22(26)28-30(24)23-13-6-7-14-25(23)31(28)21-10-4-3-5-11-21;1-17-11-13-19(14-12-17)29-23-10-3-2-8-21(23)28-22-9-5-15-27-16-18-6-4-7-20(26(28)29)24(18)25(22)27;1-17-12-13-23-22(15-17)28-21-11-6-14-27-16-18-7-5-10-20(24(18)25(21)27)26(28)29(23)19-8-3-2-4-9-19;1-17-14-18-16-27-13-7-11-22-25(27)24(18)20(15-17)26-28(22)21-10-5-6-12-23(21)29(26)19-8-3-2-4-9-19/h3-16,18H,17H2,1-2H3;3-15,17-18H,16H2,1-2H3;3*2-15H,16H2,1H3/q5*+1. The lowest BCUT2D eigenvalue weighted by Crippen LogP contribution is -2.48. The van der Waals surface area contributed by atoms with E-state index in [0.717, 1.165) is 32.7 Å². The van der Waals surface area contributed by atoms with Crippen molar-refractivity contribution >= 4 is 209 Å². The van der Waals surface area contributed by atoms with Gasteiger partial charge in [-0.2, -0.15) is 22.8 Å². The molecule has 0 saturated heterocycles. The van der Waals surface area contributed by atoms with E-state index >= 15 is 0 Å². The van der Waals surface area contributed by atoms with Crippen molar-refractivity contribution < 1.29 is 22.8 Å². The highest BCUT2D eigenvalue weighted by Crippen LogP contribution is 2.63. The lowest BCUT2D eigenvalue weighted by molar-refractivity contribution is -0.672. The molecule has 149 heavy (non-hydrogen) atoms. The Morgan fingerprint density at radius 2 is 0.497 bits per heavy atom. The molecule has 35 rings (SSSR count). The second-order valence-electron chi connectivity index (χ2n) is 42.8. The average molecular weight is 2000 g/mol. The first-order chi connectivity index (χ1) is 73.4. The van der Waals surface area contributed by atoms with E-state index < -0.39 is 39.0 Å². The number of rotatable bonds is 7. The number of nitrogens with zero attached hydrogens (tertiary/aromatic N) is 10. The summed E-state index contributed by atoms with van der Waals surface area (Å²) < 4.78 is 12.2. The number of benzene rings is 15. The number of hydrogen-bond donors (Lipinski definition) is 0. The third kappa shape index (κ3) is 13.2. The molecule has 15 aromatic carbocycles. The van der Waals surface area contributed by atoms with Crippen LogP contribution >= 0.6 is 39.0 Å². The number of aryl methyl sites for hydroxylation is 3. The fourth-order valence-corrected chi connectivity index (χ4v) is 42.3. The Morgan fingerprint density at radius 3 is 0.886 bits per heavy atom. The van der Waals surface area contributed by atoms with Gasteiger partial charge in [0.25, 0.3) is 0 Å². The summed E-state index contributed by atoms with van der Waals surface area (Å²) in [4.78, 5) is 13.2. The van der Waals surface area contributed by atoms with E-state index in [9.17, 15) is 0 Å². The van der Waals surface area contributed by atoms with E-state index in [1.54, 1.807) is 0 Å². The number of para-hydroxylation sites is 3. The van der Waals surface area contributed by atoms with Crippen molar-refractivity contribution in [3.05, 3.63) is 481 Å². The van der Waals surface area contributed by atoms with Gasteiger partial charge in [0, 0.05) is 86.1 Å². The maximum absolute atomic E-state index is 2.67. The van der Waals surface area contributed by atoms with E-state index in [-0.39, 0.29) is 0 Å². The first kappa shape index (κ1) is 88.6. The number of hydrogen-bond acceptors (Lipinski definition) is 5. The predicted octanol–water partition coefficient (Wildman–Crippen LogP) is 19.7. The smallest absolute Gasteiger partial charge is 0.333 e. The van der Waals surface area contributed by atoms with Crippen LogP contribution in [0.1, 0.15) is 95.2 Å². The lowest BCUT2D eigenvalue weighted by atomic mass is 9.69. The second kappa shape index (κ2) is 34.3. The van der Waals surface area contributed by atoms with Crippen LogP contribution < -0.4 is 127 Å². The highest BCUT2D eigenvalue weighted by atomic mass is 31.1. The van der Waals surface area contributed by atoms with Crippen LogP contribution in [0, 0.1) is 20.8 Å². The van der Waals surface area contributed by atoms with Gasteiger partial charge in [-0.25, -0.2) is 0 Å². The molecule has 20 heterocycles. The van der Waals surface area contributed by atoms with E-state index in [1.165, 1.54) is 249 Å². The molecule has 0 aliphatic carbocycles. The van der Waals surface area contributed by atoms with Gasteiger partial charge in [0.1, 0.15) is 28.4 Å². The topological polar surface area (TPSA) is 35.6 Å². The molecule has 0 saturated carbocycles. The first-order valence-corrected chi connectivity index (χ1v) is 59.9. The summed E-state index contributed by atoms with van der Waals surface area (Å²) >= 11 is 0. The van der Waals surface area contributed by atoms with Gasteiger partial charge in [-0.05, 0) is 230 Å². The maximum Gasteiger partial charge on any atom is 0.333 e. The highest BCUT2D eigenvalue weighted by Gasteiger charge is 2.60. The number of fused-ring (bicyclic) bond motifs is 25. The molecule has 0 radical (unpaired) electrons. The summed E-state index contributed by atoms with van der Waals surface area (Å²) in [6.07, 6.45) is 11.3. The average Bonchev–Trinajstić information content (AvgIpc) is 1.59. The summed E-state index contributed by atoms with van der Waals surface area (Å²) in [5.41, 5.74) is 49.9. The van der Waals surface area contributed by atoms with Crippen molar-refractivity contribution in [1.82, 2.24) is 0 Å². The normalized spacial score (nSPS) is 17.1. The van der Waals surface area contributed by atoms with Gasteiger partial charge in [0.15, 0.2) is 63.7 Å². The molecule has 20 aromatic rings. The quantitative estimate of drug-likeness (QED) is 0.0903. The SMILES string of the molecule is CC(C)c1cc2c3[n+](c1)Cc1cccc(c1-3)B1N2c2ccccc2P1c1ccccc1.CC(C)c1ccc2c(c1)N1B(c3cccc4c3-c3c1ccc[n+]3C4)P2c1ccccc1.Cc1cc2c3c(c1)B1N(c4ccccc4P1c1ccccc1)c1ccc[n+](c1-3)C2.Cc1ccc(P2B3c4cccc5c4-c4c(ccc[n+]4C5)N3c3ccccc32)cc1.Cc1ccc2c(c1)N1B(c3cccc4c3-c3c1ccc[n+]3C4)P2c1ccccc1. The van der Waals surface area contributed by atoms with Gasteiger partial charge in [0.05, 0.1) is 27.8 Å². The molecule has 10 nitrogen and oxygen atoms in total. The molecule has 0 amide bonds. The zero-order valence-corrected chi connectivity index (χ0v) is 88.7. The van der Waals surface area contributed by atoms with Crippen molar-refractivity contribution in [2.75, 3.05) is 24.1 Å². The predicted molar refractivity (Wildman–Crippen MR) is 631 cm³/mol. The molecule has 0 fully saturated rings. The van der Waals surface area contributed by atoms with Gasteiger partial charge in [-0.3, -0.25) is 0 Å². The van der Waals surface area contributed by atoms with Crippen LogP contribution in [0.5, 0.6) is 0 Å². The molecule has 0 spiro atoms. The van der Waals surface area contributed by atoms with Gasteiger partial charge in [0.2, 0.25) is 28.5 Å². The lowest BCUT2D eigenvalue weighted by Gasteiger charge is -2.33. The van der Waals surface area contributed by atoms with Crippen molar-refractivity contribution in [3.63, 3.8) is 0 Å². The third-order valence-corrected chi connectivity index (χ3v) is 47.4. The van der Waals surface area contributed by atoms with Crippen LogP contribution in [0.15, 0.2) is 425 Å². The Bertz CT molecular complexity index is 9100. The van der Waals surface area contributed by atoms with E-state index in [1.807, 2.05) is 0 Å². The van der Waals surface area contributed by atoms with Crippen molar-refractivity contribution in [1.29, 1.82) is 0 Å². The van der Waals surface area contributed by atoms with Gasteiger partial charge in [-0.15, -0.1) is 0 Å². The Hall–Kier alpha value is -14.5. The minimum absolute atomic E-state index is 0.353. The summed E-state index contributed by atoms with van der Waals surface area (Å²) in [5.74, 6) is 1.03. The Kier molecular flexibility index (Phi) is 20.4. The molecule has 5 atom stereocenters. The maximum atomic E-state index is 2.67. The van der Waals surface area contributed by atoms with E-state index in [0.29, 0.717) is 44.7 Å². The molecule has 5 unspecified atom stereocenters. The van der Waals surface area contributed by atoms with Crippen molar-refractivity contribution in [2.45, 2.75) is 93.0 Å². The van der Waals surface area contributed by atoms with Crippen LogP contribution in [-0.2, 0) is 32.7 Å². The zero-order valence-electron chi connectivity index (χ0n) is 84.2. The first-order valence-electron chi connectivity index (χ1n) is 52.9. The van der Waals surface area contributed by atoms with E-state index in [2.05, 4.69) is 521 Å². The van der Waals surface area contributed by atoms with Gasteiger partial charge < -0.3 is 24.1 Å². The Morgan fingerprint density at radius 1 is 0.208 bits per heavy atom. The van der Waals surface area contributed by atoms with Crippen molar-refractivity contribution in [3.8, 4) is 56.3 Å². The minimum Gasteiger partial charge on any atom is -0.371 e. The fourth-order valence-electron chi connectivity index (χ4n) is 27.5. The summed E-state index contributed by atoms with van der Waals surface area (Å²) in [5, 5.41) is 14.8. The molecule has 0 N–H and O–H groups in total. The molecular weight excluding hydrogens is 1900 g/mol. The minimum atomic E-state index is -0.529. The fraction of sp³-hybridized carbons (Fsp3) is 0.109. The number of aromatic nitrogens is 5. The Labute approximate surface area is 879 Å². The monoisotopic (exact) mass is 2000 g/mol. The zero-order chi connectivity index (χ0) is 98.7. The van der Waals surface area contributed by atoms with Crippen LogP contribution in [0.3, 0.4) is 0 Å². The van der Waals surface area contributed by atoms with Crippen molar-refractivity contribution in [2.24, 2.45) is 0 Å². The molecule has 704 valence electrons. The largest absolute Gasteiger partial charge is 0.371 e.